The first-order valence-corrected chi connectivity index (χ1v) is 3.91. The minimum Gasteiger partial charge on any atom is -0.370 e. The number of aliphatic hydroxyl groups is 1. The van der Waals surface area contributed by atoms with Gasteiger partial charge in [-0.15, -0.1) is 0 Å². The van der Waals surface area contributed by atoms with Gasteiger partial charge in [0.2, 0.25) is 0 Å². The number of hydrogen-bond donors (Lipinski definition) is 1. The lowest BCUT2D eigenvalue weighted by Crippen LogP contribution is -2.32. The molecule has 0 aromatic carbocycles. The van der Waals surface area contributed by atoms with Crippen LogP contribution in [0.3, 0.4) is 0 Å². The Morgan fingerprint density at radius 2 is 2.18 bits per heavy atom. The van der Waals surface area contributed by atoms with Crippen LogP contribution < -0.4 is 0 Å². The van der Waals surface area contributed by atoms with Crippen LogP contribution in [0.5, 0.6) is 0 Å². The van der Waals surface area contributed by atoms with Crippen LogP contribution >= 0.6 is 0 Å². The molecule has 0 saturated carbocycles. The summed E-state index contributed by atoms with van der Waals surface area (Å²) in [5.41, 5.74) is 1.08. The molecule has 0 bridgehead atoms. The number of hydrogen-bond acceptors (Lipinski definition) is 2. The van der Waals surface area contributed by atoms with Crippen LogP contribution in [0.1, 0.15) is 13.8 Å². The van der Waals surface area contributed by atoms with Crippen molar-refractivity contribution in [3.05, 3.63) is 23.9 Å². The monoisotopic (exact) mass is 153 g/mol. The van der Waals surface area contributed by atoms with Gasteiger partial charge in [-0.1, -0.05) is 19.9 Å². The van der Waals surface area contributed by atoms with Crippen molar-refractivity contribution in [2.24, 2.45) is 5.92 Å². The van der Waals surface area contributed by atoms with Gasteiger partial charge in [0.15, 0.2) is 0 Å². The van der Waals surface area contributed by atoms with Gasteiger partial charge in [-0.3, -0.25) is 0 Å². The third kappa shape index (κ3) is 1.63. The smallest absolute Gasteiger partial charge is 0.149 e. The van der Waals surface area contributed by atoms with E-state index in [9.17, 15) is 5.11 Å². The van der Waals surface area contributed by atoms with Crippen LogP contribution in [0.15, 0.2) is 23.9 Å². The summed E-state index contributed by atoms with van der Waals surface area (Å²) < 4.78 is 0. The summed E-state index contributed by atoms with van der Waals surface area (Å²) in [7, 11) is 1.87. The molecule has 11 heavy (non-hydrogen) atoms. The molecule has 1 atom stereocenters. The summed E-state index contributed by atoms with van der Waals surface area (Å²) >= 11 is 0. The first-order chi connectivity index (χ1) is 5.13. The number of nitrogens with zero attached hydrogens (tertiary/aromatic N) is 1. The Morgan fingerprint density at radius 1 is 1.55 bits per heavy atom. The maximum Gasteiger partial charge on any atom is 0.149 e. The van der Waals surface area contributed by atoms with E-state index in [-0.39, 0.29) is 0 Å². The molecule has 0 aliphatic carbocycles. The van der Waals surface area contributed by atoms with E-state index in [0.29, 0.717) is 5.92 Å². The van der Waals surface area contributed by atoms with Gasteiger partial charge >= 0.3 is 0 Å². The molecule has 0 aromatic heterocycles. The molecule has 62 valence electrons. The van der Waals surface area contributed by atoms with Crippen LogP contribution in [0.4, 0.5) is 0 Å². The highest BCUT2D eigenvalue weighted by molar-refractivity contribution is 5.21. The molecule has 0 radical (unpaired) electrons. The van der Waals surface area contributed by atoms with Crippen LogP contribution in [0.25, 0.3) is 0 Å². The van der Waals surface area contributed by atoms with Gasteiger partial charge in [0, 0.05) is 13.2 Å². The topological polar surface area (TPSA) is 23.5 Å². The second-order valence-electron chi connectivity index (χ2n) is 3.20. The molecular formula is C9H15NO. The summed E-state index contributed by atoms with van der Waals surface area (Å²) in [4.78, 5) is 1.80. The maximum absolute atomic E-state index is 9.61. The van der Waals surface area contributed by atoms with E-state index in [1.54, 1.807) is 4.90 Å². The van der Waals surface area contributed by atoms with Crippen molar-refractivity contribution < 1.29 is 5.11 Å². The number of rotatable bonds is 1. The van der Waals surface area contributed by atoms with Crippen LogP contribution in [0.2, 0.25) is 0 Å². The molecule has 1 aliphatic rings. The average Bonchev–Trinajstić information content (AvgIpc) is 1.94. The van der Waals surface area contributed by atoms with Crippen LogP contribution in [0, 0.1) is 5.92 Å². The third-order valence-electron chi connectivity index (χ3n) is 1.96. The van der Waals surface area contributed by atoms with Crippen molar-refractivity contribution in [1.82, 2.24) is 4.90 Å². The molecule has 1 heterocycles. The Labute approximate surface area is 67.8 Å². The lowest BCUT2D eigenvalue weighted by molar-refractivity contribution is 0.0780. The summed E-state index contributed by atoms with van der Waals surface area (Å²) in [5, 5.41) is 9.61. The highest BCUT2D eigenvalue weighted by Gasteiger charge is 2.18. The van der Waals surface area contributed by atoms with E-state index in [0.717, 1.165) is 5.57 Å². The van der Waals surface area contributed by atoms with E-state index < -0.39 is 6.23 Å². The second kappa shape index (κ2) is 3.09. The normalized spacial score (nSPS) is 24.3. The molecule has 0 spiro atoms. The van der Waals surface area contributed by atoms with Crippen molar-refractivity contribution >= 4 is 0 Å². The van der Waals surface area contributed by atoms with Crippen molar-refractivity contribution in [2.75, 3.05) is 7.05 Å². The minimum atomic E-state index is -0.431. The molecule has 0 saturated heterocycles. The molecule has 2 heteroatoms. The molecule has 1 rings (SSSR count). The maximum atomic E-state index is 9.61. The lowest BCUT2D eigenvalue weighted by atomic mass is 9.99. The Balaban J connectivity index is 2.78. The van der Waals surface area contributed by atoms with E-state index in [1.807, 2.05) is 25.4 Å². The zero-order valence-electron chi connectivity index (χ0n) is 7.28. The fourth-order valence-corrected chi connectivity index (χ4v) is 1.18. The molecule has 1 N–H and O–H groups in total. The van der Waals surface area contributed by atoms with E-state index in [1.165, 1.54) is 0 Å². The fourth-order valence-electron chi connectivity index (χ4n) is 1.18. The zero-order valence-corrected chi connectivity index (χ0v) is 7.28. The fraction of sp³-hybridized carbons (Fsp3) is 0.556. The van der Waals surface area contributed by atoms with Gasteiger partial charge < -0.3 is 10.0 Å². The summed E-state index contributed by atoms with van der Waals surface area (Å²) in [5.74, 6) is 0.414. The summed E-state index contributed by atoms with van der Waals surface area (Å²) in [6.07, 6.45) is 5.38. The Bertz CT molecular complexity index is 194. The number of aliphatic hydroxyl groups excluding tert-OH is 1. The first kappa shape index (κ1) is 8.34. The zero-order chi connectivity index (χ0) is 8.43. The largest absolute Gasteiger partial charge is 0.370 e. The average molecular weight is 153 g/mol. The van der Waals surface area contributed by atoms with Gasteiger partial charge in [0.05, 0.1) is 0 Å². The van der Waals surface area contributed by atoms with Crippen molar-refractivity contribution in [2.45, 2.75) is 20.1 Å². The predicted octanol–water partition coefficient (Wildman–Crippen LogP) is 1.35. The Morgan fingerprint density at radius 3 is 2.64 bits per heavy atom. The first-order valence-electron chi connectivity index (χ1n) is 3.91. The van der Waals surface area contributed by atoms with E-state index >= 15 is 0 Å². The van der Waals surface area contributed by atoms with Gasteiger partial charge in [0.25, 0.3) is 0 Å². The highest BCUT2D eigenvalue weighted by Crippen LogP contribution is 2.19. The van der Waals surface area contributed by atoms with Crippen LogP contribution in [-0.4, -0.2) is 23.3 Å². The minimum absolute atomic E-state index is 0.414. The van der Waals surface area contributed by atoms with E-state index in [2.05, 4.69) is 13.8 Å². The second-order valence-corrected chi connectivity index (χ2v) is 3.20. The molecule has 1 unspecified atom stereocenters. The standard InChI is InChI=1S/C9H15NO/c1-7(2)8-5-4-6-10(3)9(8)11/h4-7,9,11H,1-3H3. The molecule has 1 aliphatic heterocycles. The predicted molar refractivity (Wildman–Crippen MR) is 45.8 cm³/mol. The van der Waals surface area contributed by atoms with Crippen molar-refractivity contribution in [3.8, 4) is 0 Å². The molecular weight excluding hydrogens is 138 g/mol. The molecule has 0 aromatic rings. The Hall–Kier alpha value is -0.760. The van der Waals surface area contributed by atoms with Gasteiger partial charge in [-0.2, -0.15) is 0 Å². The molecule has 0 amide bonds. The summed E-state index contributed by atoms with van der Waals surface area (Å²) in [6.45, 7) is 4.17. The SMILES string of the molecule is CC(C)C1=CC=CN(C)C1O. The summed E-state index contributed by atoms with van der Waals surface area (Å²) in [6, 6.07) is 0. The highest BCUT2D eigenvalue weighted by atomic mass is 16.3. The lowest BCUT2D eigenvalue weighted by Gasteiger charge is -2.28. The van der Waals surface area contributed by atoms with Crippen LogP contribution in [-0.2, 0) is 0 Å². The number of allylic oxidation sites excluding steroid dienone is 2. The van der Waals surface area contributed by atoms with Crippen molar-refractivity contribution in [3.63, 3.8) is 0 Å². The molecule has 2 nitrogen and oxygen atoms in total. The van der Waals surface area contributed by atoms with Gasteiger partial charge in [-0.05, 0) is 17.6 Å². The Kier molecular flexibility index (Phi) is 2.35. The van der Waals surface area contributed by atoms with Crippen molar-refractivity contribution in [1.29, 1.82) is 0 Å². The third-order valence-corrected chi connectivity index (χ3v) is 1.96. The van der Waals surface area contributed by atoms with Gasteiger partial charge in [-0.25, -0.2) is 0 Å². The number of likely N-dealkylation sites (N-methyl/N-ethyl adjacent to an activating group) is 1. The quantitative estimate of drug-likeness (QED) is 0.614. The van der Waals surface area contributed by atoms with E-state index in [4.69, 9.17) is 0 Å². The van der Waals surface area contributed by atoms with Gasteiger partial charge in [0.1, 0.15) is 6.23 Å². The molecule has 0 fully saturated rings.